The molecule has 0 aliphatic heterocycles. The molecule has 1 spiro atoms. The largest absolute Gasteiger partial charge is 0.0850 e. The maximum absolute atomic E-state index is 2.55. The Kier molecular flexibility index (Phi) is 3.41. The van der Waals surface area contributed by atoms with E-state index in [0.29, 0.717) is 5.41 Å². The second-order valence-electron chi connectivity index (χ2n) is 9.78. The number of allylic oxidation sites excluding steroid dienone is 2. The van der Waals surface area contributed by atoms with Crippen molar-refractivity contribution in [3.05, 3.63) is 58.7 Å². The van der Waals surface area contributed by atoms with Crippen LogP contribution in [0.3, 0.4) is 0 Å². The minimum Gasteiger partial charge on any atom is -0.0850 e. The molecule has 2 saturated carbocycles. The van der Waals surface area contributed by atoms with E-state index in [-0.39, 0.29) is 0 Å². The van der Waals surface area contributed by atoms with Crippen LogP contribution in [-0.2, 0) is 12.8 Å². The summed E-state index contributed by atoms with van der Waals surface area (Å²) in [5.74, 6) is 1.77. The minimum atomic E-state index is 0.618. The first-order valence-corrected chi connectivity index (χ1v) is 11.0. The van der Waals surface area contributed by atoms with Crippen molar-refractivity contribution in [1.29, 1.82) is 0 Å². The van der Waals surface area contributed by atoms with Crippen molar-refractivity contribution in [1.82, 2.24) is 0 Å². The Balaban J connectivity index is 1.35. The lowest BCUT2D eigenvalue weighted by Gasteiger charge is -2.40. The standard InChI is InChI=1S/C26H30/c1-2-4-19(5-3-1)20-7-8-21-15-24-17-26(16-18-6-9-25(26)12-18)11-10-22(24)14-23(21)13-20/h6-8,13-15,19,25H,1-5,9-12,16-17H2. The van der Waals surface area contributed by atoms with Crippen molar-refractivity contribution >= 4 is 10.8 Å². The summed E-state index contributed by atoms with van der Waals surface area (Å²) in [5, 5.41) is 2.97. The van der Waals surface area contributed by atoms with Crippen LogP contribution in [0.1, 0.15) is 80.4 Å². The van der Waals surface area contributed by atoms with Crippen LogP contribution in [0.15, 0.2) is 42.0 Å². The van der Waals surface area contributed by atoms with E-state index in [1.165, 1.54) is 81.4 Å². The zero-order chi connectivity index (χ0) is 17.1. The summed E-state index contributed by atoms with van der Waals surface area (Å²) in [7, 11) is 0. The van der Waals surface area contributed by atoms with Crippen LogP contribution in [0.4, 0.5) is 0 Å². The molecule has 0 N–H and O–H groups in total. The predicted octanol–water partition coefficient (Wildman–Crippen LogP) is 7.10. The SMILES string of the molecule is C1=C2CC(C1)C1(CCc3cc4cc(C5CCCCC5)ccc4cc3C1)C2. The summed E-state index contributed by atoms with van der Waals surface area (Å²) in [6, 6.07) is 12.5. The van der Waals surface area contributed by atoms with E-state index in [4.69, 9.17) is 0 Å². The highest BCUT2D eigenvalue weighted by Crippen LogP contribution is 2.58. The Morgan fingerprint density at radius 2 is 1.73 bits per heavy atom. The summed E-state index contributed by atoms with van der Waals surface area (Å²) in [6.45, 7) is 0. The van der Waals surface area contributed by atoms with Gasteiger partial charge < -0.3 is 0 Å². The van der Waals surface area contributed by atoms with Gasteiger partial charge in [0.25, 0.3) is 0 Å². The average molecular weight is 343 g/mol. The van der Waals surface area contributed by atoms with Gasteiger partial charge in [-0.05, 0) is 96.1 Å². The summed E-state index contributed by atoms with van der Waals surface area (Å²) in [6.07, 6.45) is 17.9. The molecular formula is C26H30. The zero-order valence-corrected chi connectivity index (χ0v) is 15.9. The van der Waals surface area contributed by atoms with Crippen molar-refractivity contribution < 1.29 is 0 Å². The number of hydrogen-bond acceptors (Lipinski definition) is 0. The van der Waals surface area contributed by atoms with Gasteiger partial charge in [-0.15, -0.1) is 0 Å². The first kappa shape index (κ1) is 15.5. The van der Waals surface area contributed by atoms with Gasteiger partial charge in [-0.1, -0.05) is 61.2 Å². The Morgan fingerprint density at radius 1 is 0.846 bits per heavy atom. The molecule has 26 heavy (non-hydrogen) atoms. The molecule has 0 aromatic heterocycles. The van der Waals surface area contributed by atoms with Crippen molar-refractivity contribution in [2.24, 2.45) is 11.3 Å². The van der Waals surface area contributed by atoms with Crippen LogP contribution in [0.2, 0.25) is 0 Å². The molecular weight excluding hydrogens is 312 g/mol. The quantitative estimate of drug-likeness (QED) is 0.485. The van der Waals surface area contributed by atoms with E-state index in [9.17, 15) is 0 Å². The smallest absolute Gasteiger partial charge is 0.0162 e. The number of benzene rings is 2. The highest BCUT2D eigenvalue weighted by molar-refractivity contribution is 5.85. The molecule has 6 rings (SSSR count). The number of aryl methyl sites for hydroxylation is 1. The highest BCUT2D eigenvalue weighted by Gasteiger charge is 2.48. The molecule has 134 valence electrons. The van der Waals surface area contributed by atoms with Crippen LogP contribution in [0, 0.1) is 11.3 Å². The molecule has 0 amide bonds. The van der Waals surface area contributed by atoms with Crippen LogP contribution in [0.5, 0.6) is 0 Å². The molecule has 4 aliphatic carbocycles. The fraction of sp³-hybridized carbons (Fsp3) is 0.538. The highest BCUT2D eigenvalue weighted by atomic mass is 14.5. The Bertz CT molecular complexity index is 896. The van der Waals surface area contributed by atoms with E-state index in [1.54, 1.807) is 22.3 Å². The van der Waals surface area contributed by atoms with Crippen molar-refractivity contribution in [3.8, 4) is 0 Å². The minimum absolute atomic E-state index is 0.618. The van der Waals surface area contributed by atoms with Gasteiger partial charge >= 0.3 is 0 Å². The normalized spacial score (nSPS) is 30.8. The third kappa shape index (κ3) is 2.34. The lowest BCUT2D eigenvalue weighted by Crippen LogP contribution is -2.33. The molecule has 0 heteroatoms. The molecule has 0 heterocycles. The van der Waals surface area contributed by atoms with Crippen LogP contribution in [0.25, 0.3) is 10.8 Å². The second kappa shape index (κ2) is 5.72. The fourth-order valence-corrected chi connectivity index (χ4v) is 6.85. The van der Waals surface area contributed by atoms with Gasteiger partial charge in [0.05, 0.1) is 0 Å². The van der Waals surface area contributed by atoms with Crippen molar-refractivity contribution in [3.63, 3.8) is 0 Å². The van der Waals surface area contributed by atoms with Gasteiger partial charge in [-0.3, -0.25) is 0 Å². The molecule has 2 aromatic carbocycles. The number of rotatable bonds is 1. The van der Waals surface area contributed by atoms with Gasteiger partial charge in [0, 0.05) is 0 Å². The summed E-state index contributed by atoms with van der Waals surface area (Å²) in [4.78, 5) is 0. The zero-order valence-electron chi connectivity index (χ0n) is 15.9. The number of fused-ring (bicyclic) bond motifs is 5. The van der Waals surface area contributed by atoms with E-state index < -0.39 is 0 Å². The van der Waals surface area contributed by atoms with Gasteiger partial charge in [0.1, 0.15) is 0 Å². The summed E-state index contributed by atoms with van der Waals surface area (Å²) >= 11 is 0. The fourth-order valence-electron chi connectivity index (χ4n) is 6.85. The maximum atomic E-state index is 2.55. The third-order valence-corrected chi connectivity index (χ3v) is 8.34. The second-order valence-corrected chi connectivity index (χ2v) is 9.78. The van der Waals surface area contributed by atoms with Crippen molar-refractivity contribution in [2.45, 2.75) is 76.5 Å². The lowest BCUT2D eigenvalue weighted by molar-refractivity contribution is 0.169. The topological polar surface area (TPSA) is 0 Å². The molecule has 0 saturated heterocycles. The van der Waals surface area contributed by atoms with Crippen molar-refractivity contribution in [2.75, 3.05) is 0 Å². The van der Waals surface area contributed by atoms with Crippen LogP contribution >= 0.6 is 0 Å². The average Bonchev–Trinajstić information content (AvgIpc) is 3.28. The number of hydrogen-bond donors (Lipinski definition) is 0. The first-order chi connectivity index (χ1) is 12.8. The molecule has 2 aromatic rings. The Hall–Kier alpha value is -1.56. The maximum Gasteiger partial charge on any atom is -0.0162 e. The molecule has 0 nitrogen and oxygen atoms in total. The van der Waals surface area contributed by atoms with Gasteiger partial charge in [-0.25, -0.2) is 0 Å². The molecule has 0 radical (unpaired) electrons. The van der Waals surface area contributed by atoms with E-state index in [1.807, 2.05) is 0 Å². The van der Waals surface area contributed by atoms with Gasteiger partial charge in [-0.2, -0.15) is 0 Å². The van der Waals surface area contributed by atoms with Gasteiger partial charge in [0.2, 0.25) is 0 Å². The molecule has 2 atom stereocenters. The van der Waals surface area contributed by atoms with E-state index in [2.05, 4.69) is 36.4 Å². The first-order valence-electron chi connectivity index (χ1n) is 11.0. The van der Waals surface area contributed by atoms with Crippen LogP contribution < -0.4 is 0 Å². The molecule has 2 fully saturated rings. The molecule has 2 bridgehead atoms. The van der Waals surface area contributed by atoms with E-state index >= 15 is 0 Å². The summed E-state index contributed by atoms with van der Waals surface area (Å²) < 4.78 is 0. The lowest BCUT2D eigenvalue weighted by atomic mass is 9.64. The van der Waals surface area contributed by atoms with E-state index in [0.717, 1.165) is 11.8 Å². The monoisotopic (exact) mass is 342 g/mol. The predicted molar refractivity (Wildman–Crippen MR) is 110 cm³/mol. The Morgan fingerprint density at radius 3 is 2.54 bits per heavy atom. The molecule has 2 unspecified atom stereocenters. The summed E-state index contributed by atoms with van der Waals surface area (Å²) in [5.41, 5.74) is 7.32. The Labute approximate surface area is 157 Å². The molecule has 4 aliphatic rings. The third-order valence-electron chi connectivity index (χ3n) is 8.34. The van der Waals surface area contributed by atoms with Crippen LogP contribution in [-0.4, -0.2) is 0 Å². The van der Waals surface area contributed by atoms with Gasteiger partial charge in [0.15, 0.2) is 0 Å².